The zero-order valence-electron chi connectivity index (χ0n) is 40.6. The lowest BCUT2D eigenvalue weighted by Gasteiger charge is -2.29. The summed E-state index contributed by atoms with van der Waals surface area (Å²) in [5, 5.41) is 4.80. The molecule has 0 aromatic heterocycles. The highest BCUT2D eigenvalue weighted by Gasteiger charge is 2.20. The molecule has 0 aliphatic carbocycles. The maximum atomic E-state index is 2.38. The third kappa shape index (κ3) is 9.06. The van der Waals surface area contributed by atoms with Gasteiger partial charge in [0.15, 0.2) is 0 Å². The summed E-state index contributed by atoms with van der Waals surface area (Å²) >= 11 is 0. The Morgan fingerprint density at radius 1 is 0.205 bits per heavy atom. The van der Waals surface area contributed by atoms with Crippen LogP contribution in [0.4, 0.5) is 68.2 Å². The minimum atomic E-state index is 1.07. The summed E-state index contributed by atoms with van der Waals surface area (Å²) in [5.74, 6) is 0. The largest absolute Gasteiger partial charge is 0.311 e. The van der Waals surface area contributed by atoms with Crippen LogP contribution in [0.5, 0.6) is 0 Å². The predicted molar refractivity (Wildman–Crippen MR) is 310 cm³/mol. The minimum Gasteiger partial charge on any atom is -0.311 e. The van der Waals surface area contributed by atoms with Gasteiger partial charge in [-0.1, -0.05) is 169 Å². The second-order valence-corrected chi connectivity index (χ2v) is 18.3. The van der Waals surface area contributed by atoms with Crippen LogP contribution < -0.4 is 19.6 Å². The highest BCUT2D eigenvalue weighted by Crippen LogP contribution is 2.44. The van der Waals surface area contributed by atoms with Crippen molar-refractivity contribution in [1.29, 1.82) is 0 Å². The Morgan fingerprint density at radius 2 is 0.493 bits per heavy atom. The number of rotatable bonds is 13. The summed E-state index contributed by atoms with van der Waals surface area (Å²) in [5.41, 5.74) is 16.7. The lowest BCUT2D eigenvalue weighted by molar-refractivity contribution is 1.26. The van der Waals surface area contributed by atoms with Gasteiger partial charge < -0.3 is 19.6 Å². The molecular weight excluding hydrogens is 885 g/mol. The molecule has 0 heterocycles. The van der Waals surface area contributed by atoms with Crippen molar-refractivity contribution < 1.29 is 0 Å². The van der Waals surface area contributed by atoms with E-state index in [1.54, 1.807) is 0 Å². The number of nitrogens with zero attached hydrogens (tertiary/aromatic N) is 4. The Kier molecular flexibility index (Phi) is 12.2. The standard InChI is InChI=1S/C69H52N4/c1-51-32-49-67-55(50-51)20-17-31-69(67)73(65-47-43-61(44-48-65)71(58-25-10-4-11-26-58)59-27-12-5-13-28-59)63-39-35-53(36-40-63)52-33-37-62(38-34-52)72(68-30-16-19-54-18-14-15-29-66(54)68)64-45-41-60(42-46-64)70(56-21-6-2-7-22-56)57-23-8-3-9-24-57/h2-50H,1H3. The topological polar surface area (TPSA) is 13.0 Å². The number of hydrogen-bond donors (Lipinski definition) is 0. The first-order valence-electron chi connectivity index (χ1n) is 24.9. The van der Waals surface area contributed by atoms with Crippen molar-refractivity contribution in [1.82, 2.24) is 0 Å². The van der Waals surface area contributed by atoms with Crippen molar-refractivity contribution in [3.05, 3.63) is 303 Å². The van der Waals surface area contributed by atoms with Gasteiger partial charge >= 0.3 is 0 Å². The molecule has 0 aliphatic heterocycles. The first kappa shape index (κ1) is 44.6. The van der Waals surface area contributed by atoms with Crippen LogP contribution in [0, 0.1) is 6.92 Å². The summed E-state index contributed by atoms with van der Waals surface area (Å²) in [6.07, 6.45) is 0. The Hall–Kier alpha value is -9.64. The lowest BCUT2D eigenvalue weighted by Crippen LogP contribution is -2.12. The van der Waals surface area contributed by atoms with Gasteiger partial charge in [0.25, 0.3) is 0 Å². The molecule has 348 valence electrons. The summed E-state index contributed by atoms with van der Waals surface area (Å²) in [6, 6.07) is 107. The average Bonchev–Trinajstić information content (AvgIpc) is 3.46. The van der Waals surface area contributed by atoms with Crippen molar-refractivity contribution in [3.8, 4) is 11.1 Å². The number of aryl methyl sites for hydroxylation is 1. The fourth-order valence-corrected chi connectivity index (χ4v) is 10.1. The maximum Gasteiger partial charge on any atom is 0.0540 e. The van der Waals surface area contributed by atoms with Crippen molar-refractivity contribution in [3.63, 3.8) is 0 Å². The zero-order chi connectivity index (χ0) is 48.9. The van der Waals surface area contributed by atoms with E-state index in [9.17, 15) is 0 Å². The normalized spacial score (nSPS) is 11.1. The van der Waals surface area contributed by atoms with Gasteiger partial charge in [-0.2, -0.15) is 0 Å². The Balaban J connectivity index is 0.895. The number of hydrogen-bond acceptors (Lipinski definition) is 4. The van der Waals surface area contributed by atoms with Crippen LogP contribution in [-0.4, -0.2) is 0 Å². The SMILES string of the molecule is Cc1ccc2c(N(c3ccc(-c4ccc(N(c5ccc(N(c6ccccc6)c6ccccc6)cc5)c5cccc6ccccc56)cc4)cc3)c3ccc(N(c4ccccc4)c4ccccc4)cc3)cccc2c1. The van der Waals surface area contributed by atoms with Gasteiger partial charge in [0.2, 0.25) is 0 Å². The second-order valence-electron chi connectivity index (χ2n) is 18.3. The van der Waals surface area contributed by atoms with Gasteiger partial charge in [-0.05, 0) is 162 Å². The van der Waals surface area contributed by atoms with E-state index in [4.69, 9.17) is 0 Å². The first-order chi connectivity index (χ1) is 36.1. The second kappa shape index (κ2) is 20.0. The van der Waals surface area contributed by atoms with Crippen LogP contribution in [0.1, 0.15) is 5.56 Å². The summed E-state index contributed by atoms with van der Waals surface area (Å²) in [7, 11) is 0. The maximum absolute atomic E-state index is 2.38. The Labute approximate surface area is 428 Å². The van der Waals surface area contributed by atoms with E-state index in [0.29, 0.717) is 0 Å². The molecule has 0 saturated carbocycles. The smallest absolute Gasteiger partial charge is 0.0540 e. The average molecular weight is 937 g/mol. The molecule has 0 fully saturated rings. The molecule has 0 N–H and O–H groups in total. The molecule has 0 atom stereocenters. The first-order valence-corrected chi connectivity index (χ1v) is 24.9. The van der Waals surface area contributed by atoms with Crippen LogP contribution in [0.3, 0.4) is 0 Å². The van der Waals surface area contributed by atoms with E-state index in [0.717, 1.165) is 79.4 Å². The van der Waals surface area contributed by atoms with Crippen molar-refractivity contribution in [2.75, 3.05) is 19.6 Å². The molecule has 0 unspecified atom stereocenters. The van der Waals surface area contributed by atoms with Crippen LogP contribution >= 0.6 is 0 Å². The highest BCUT2D eigenvalue weighted by molar-refractivity contribution is 6.01. The van der Waals surface area contributed by atoms with E-state index in [-0.39, 0.29) is 0 Å². The molecule has 0 saturated heterocycles. The van der Waals surface area contributed by atoms with Crippen LogP contribution in [0.25, 0.3) is 32.7 Å². The van der Waals surface area contributed by atoms with Gasteiger partial charge in [0, 0.05) is 67.6 Å². The molecule has 0 radical (unpaired) electrons. The monoisotopic (exact) mass is 936 g/mol. The number of anilines is 12. The van der Waals surface area contributed by atoms with Crippen LogP contribution in [0.15, 0.2) is 297 Å². The molecule has 0 aliphatic rings. The predicted octanol–water partition coefficient (Wildman–Crippen LogP) is 19.8. The highest BCUT2D eigenvalue weighted by atomic mass is 15.2. The summed E-state index contributed by atoms with van der Waals surface area (Å²) < 4.78 is 0. The van der Waals surface area contributed by atoms with E-state index in [1.807, 2.05) is 0 Å². The number of fused-ring (bicyclic) bond motifs is 2. The third-order valence-electron chi connectivity index (χ3n) is 13.6. The molecule has 0 bridgehead atoms. The molecule has 4 nitrogen and oxygen atoms in total. The van der Waals surface area contributed by atoms with Crippen LogP contribution in [-0.2, 0) is 0 Å². The summed E-state index contributed by atoms with van der Waals surface area (Å²) in [6.45, 7) is 2.16. The van der Waals surface area contributed by atoms with E-state index in [2.05, 4.69) is 324 Å². The van der Waals surface area contributed by atoms with Gasteiger partial charge in [-0.3, -0.25) is 0 Å². The number of benzene rings is 12. The molecule has 73 heavy (non-hydrogen) atoms. The molecule has 12 aromatic carbocycles. The molecule has 12 aromatic rings. The van der Waals surface area contributed by atoms with Gasteiger partial charge in [-0.15, -0.1) is 0 Å². The lowest BCUT2D eigenvalue weighted by atomic mass is 10.0. The fourth-order valence-electron chi connectivity index (χ4n) is 10.1. The van der Waals surface area contributed by atoms with E-state index < -0.39 is 0 Å². The Bertz CT molecular complexity index is 3690. The molecule has 4 heteroatoms. The van der Waals surface area contributed by atoms with E-state index in [1.165, 1.54) is 27.1 Å². The molecular formula is C69H52N4. The molecule has 12 rings (SSSR count). The third-order valence-corrected chi connectivity index (χ3v) is 13.6. The van der Waals surface area contributed by atoms with Gasteiger partial charge in [0.1, 0.15) is 0 Å². The molecule has 0 amide bonds. The molecule has 0 spiro atoms. The van der Waals surface area contributed by atoms with Crippen molar-refractivity contribution >= 4 is 89.8 Å². The minimum absolute atomic E-state index is 1.07. The quantitative estimate of drug-likeness (QED) is 0.114. The fraction of sp³-hybridized carbons (Fsp3) is 0.0145. The van der Waals surface area contributed by atoms with Crippen molar-refractivity contribution in [2.24, 2.45) is 0 Å². The van der Waals surface area contributed by atoms with Gasteiger partial charge in [-0.25, -0.2) is 0 Å². The zero-order valence-corrected chi connectivity index (χ0v) is 40.6. The van der Waals surface area contributed by atoms with Gasteiger partial charge in [0.05, 0.1) is 11.4 Å². The Morgan fingerprint density at radius 3 is 0.890 bits per heavy atom. The summed E-state index contributed by atoms with van der Waals surface area (Å²) in [4.78, 5) is 9.37. The number of para-hydroxylation sites is 4. The van der Waals surface area contributed by atoms with Crippen LogP contribution in [0.2, 0.25) is 0 Å². The van der Waals surface area contributed by atoms with E-state index >= 15 is 0 Å². The van der Waals surface area contributed by atoms with Crippen molar-refractivity contribution in [2.45, 2.75) is 6.92 Å².